The van der Waals surface area contributed by atoms with Gasteiger partial charge < -0.3 is 14.0 Å². The van der Waals surface area contributed by atoms with Gasteiger partial charge in [-0.25, -0.2) is 4.68 Å². The molecule has 1 aromatic carbocycles. The van der Waals surface area contributed by atoms with Crippen molar-refractivity contribution < 1.29 is 18.1 Å². The summed E-state index contributed by atoms with van der Waals surface area (Å²) in [6.07, 6.45) is 1.41. The molecule has 3 atom stereocenters. The largest absolute Gasteiger partial charge is 0.593 e. The molecule has 5 rings (SSSR count). The van der Waals surface area contributed by atoms with Crippen LogP contribution in [-0.2, 0) is 14.6 Å². The third-order valence-corrected chi connectivity index (χ3v) is 8.81. The van der Waals surface area contributed by atoms with Crippen LogP contribution >= 0.6 is 0 Å². The molecule has 33 heavy (non-hydrogen) atoms. The molecule has 0 N–H and O–H groups in total. The van der Waals surface area contributed by atoms with E-state index in [1.54, 1.807) is 18.5 Å². The first-order valence-electron chi connectivity index (χ1n) is 11.1. The molecule has 9 nitrogen and oxygen atoms in total. The molecule has 174 valence electrons. The molecule has 0 aliphatic carbocycles. The molecule has 1 saturated heterocycles. The molecule has 1 fully saturated rings. The zero-order valence-electron chi connectivity index (χ0n) is 19.1. The summed E-state index contributed by atoms with van der Waals surface area (Å²) in [5.41, 5.74) is 3.47. The first-order valence-corrected chi connectivity index (χ1v) is 12.6. The van der Waals surface area contributed by atoms with Crippen LogP contribution in [0.2, 0.25) is 0 Å². The summed E-state index contributed by atoms with van der Waals surface area (Å²) in [5, 5.41) is 8.45. The average Bonchev–Trinajstić information content (AvgIpc) is 3.41. The lowest BCUT2D eigenvalue weighted by atomic mass is 10.0. The third kappa shape index (κ3) is 3.35. The van der Waals surface area contributed by atoms with Crippen molar-refractivity contribution in [3.63, 3.8) is 0 Å². The third-order valence-electron chi connectivity index (χ3n) is 6.70. The topological polar surface area (TPSA) is 108 Å². The lowest BCUT2D eigenvalue weighted by Gasteiger charge is -2.39. The Labute approximate surface area is 193 Å². The number of aryl methyl sites for hydroxylation is 3. The van der Waals surface area contributed by atoms with Crippen LogP contribution in [0.5, 0.6) is 0 Å². The van der Waals surface area contributed by atoms with Crippen LogP contribution in [-0.4, -0.2) is 53.7 Å². The number of hydrogen-bond donors (Lipinski definition) is 0. The van der Waals surface area contributed by atoms with Gasteiger partial charge in [0.1, 0.15) is 11.4 Å². The van der Waals surface area contributed by atoms with E-state index in [9.17, 15) is 13.6 Å². The predicted octanol–water partition coefficient (Wildman–Crippen LogP) is 3.37. The van der Waals surface area contributed by atoms with Crippen LogP contribution < -0.4 is 0 Å². The maximum Gasteiger partial charge on any atom is 0.273 e. The van der Waals surface area contributed by atoms with E-state index >= 15 is 0 Å². The number of para-hydroxylation sites is 1. The molecule has 0 radical (unpaired) electrons. The number of aromatic nitrogens is 3. The summed E-state index contributed by atoms with van der Waals surface area (Å²) in [6, 6.07) is 9.18. The van der Waals surface area contributed by atoms with Gasteiger partial charge in [-0.2, -0.15) is 5.10 Å². The molecule has 2 aromatic heterocycles. The summed E-state index contributed by atoms with van der Waals surface area (Å²) in [5.74, 6) is 0.176. The van der Waals surface area contributed by atoms with Crippen LogP contribution in [0.4, 0.5) is 0 Å². The van der Waals surface area contributed by atoms with E-state index in [-0.39, 0.29) is 35.2 Å². The fourth-order valence-electron chi connectivity index (χ4n) is 5.26. The Morgan fingerprint density at radius 1 is 1.15 bits per heavy atom. The highest BCUT2D eigenvalue weighted by atomic mass is 32.3. The second kappa shape index (κ2) is 7.89. The number of benzene rings is 1. The molecule has 0 saturated carbocycles. The maximum absolute atomic E-state index is 13.7. The van der Waals surface area contributed by atoms with E-state index in [2.05, 4.69) is 10.3 Å². The van der Waals surface area contributed by atoms with Gasteiger partial charge in [0.15, 0.2) is 16.2 Å². The Kier molecular flexibility index (Phi) is 5.26. The minimum absolute atomic E-state index is 0.108. The van der Waals surface area contributed by atoms with E-state index in [4.69, 9.17) is 4.52 Å². The first kappa shape index (κ1) is 22.0. The predicted molar refractivity (Wildman–Crippen MR) is 121 cm³/mol. The van der Waals surface area contributed by atoms with Crippen molar-refractivity contribution in [3.05, 3.63) is 58.7 Å². The molecule has 4 heterocycles. The van der Waals surface area contributed by atoms with Crippen LogP contribution in [0.25, 0.3) is 5.69 Å². The van der Waals surface area contributed by atoms with Gasteiger partial charge in [0, 0.05) is 25.1 Å². The van der Waals surface area contributed by atoms with Gasteiger partial charge in [0.2, 0.25) is 4.90 Å². The Hall–Kier alpha value is -2.82. The number of sulfonamides is 1. The second-order valence-electron chi connectivity index (χ2n) is 8.80. The molecule has 2 aliphatic rings. The van der Waals surface area contributed by atoms with Gasteiger partial charge in [0.05, 0.1) is 24.0 Å². The quantitative estimate of drug-likeness (QED) is 0.542. The molecule has 10 heteroatoms. The lowest BCUT2D eigenvalue weighted by Crippen LogP contribution is -2.52. The summed E-state index contributed by atoms with van der Waals surface area (Å²) < 4.78 is 35.0. The molecular formula is C23H27N5O4S. The number of rotatable bonds is 4. The normalized spacial score (nSPS) is 23.1. The molecule has 3 aromatic rings. The summed E-state index contributed by atoms with van der Waals surface area (Å²) in [6.45, 7) is 7.80. The highest BCUT2D eigenvalue weighted by Crippen LogP contribution is 2.40. The number of carbonyl (C=O) groups excluding carboxylic acids is 1. The van der Waals surface area contributed by atoms with Crippen molar-refractivity contribution in [1.29, 1.82) is 0 Å². The van der Waals surface area contributed by atoms with Crippen LogP contribution in [0.3, 0.4) is 0 Å². The highest BCUT2D eigenvalue weighted by molar-refractivity contribution is 7.95. The van der Waals surface area contributed by atoms with Crippen molar-refractivity contribution in [1.82, 2.24) is 24.1 Å². The second-order valence-corrected chi connectivity index (χ2v) is 10.7. The van der Waals surface area contributed by atoms with E-state index in [0.717, 1.165) is 23.4 Å². The first-order chi connectivity index (χ1) is 15.7. The Bertz CT molecular complexity index is 1250. The van der Waals surface area contributed by atoms with Crippen LogP contribution in [0.15, 0.2) is 39.8 Å². The van der Waals surface area contributed by atoms with Crippen molar-refractivity contribution in [2.24, 2.45) is 0 Å². The van der Waals surface area contributed by atoms with Gasteiger partial charge in [-0.15, -0.1) is 4.31 Å². The highest BCUT2D eigenvalue weighted by Gasteiger charge is 2.47. The number of amides is 1. The number of piperidine rings is 1. The van der Waals surface area contributed by atoms with E-state index < -0.39 is 10.4 Å². The molecule has 3 unspecified atom stereocenters. The minimum Gasteiger partial charge on any atom is -0.593 e. The Morgan fingerprint density at radius 3 is 2.55 bits per heavy atom. The van der Waals surface area contributed by atoms with Gasteiger partial charge in [-0.05, 0) is 45.7 Å². The molecular weight excluding hydrogens is 442 g/mol. The monoisotopic (exact) mass is 469 g/mol. The molecule has 1 amide bonds. The summed E-state index contributed by atoms with van der Waals surface area (Å²) >= 11 is 0. The van der Waals surface area contributed by atoms with Crippen molar-refractivity contribution in [3.8, 4) is 5.69 Å². The Balaban J connectivity index is 1.46. The standard InChI is InChI=1S/C23H27N5O4S/c1-14-20-16(3)27(23(29)21(20)28(24-14)18-9-6-5-7-10-18)19-11-8-12-26(13-19)33(30,31)22-15(2)25-32-17(22)4/h5-7,9-10,16,19H,8,11-13H2,1-4H3. The summed E-state index contributed by atoms with van der Waals surface area (Å²) in [7, 11) is -3.77. The number of hydrogen-bond acceptors (Lipinski definition) is 6. The zero-order valence-corrected chi connectivity index (χ0v) is 20.0. The van der Waals surface area contributed by atoms with Crippen molar-refractivity contribution in [2.45, 2.75) is 57.5 Å². The number of carbonyl (C=O) groups is 1. The number of nitrogens with zero attached hydrogens (tertiary/aromatic N) is 5. The van der Waals surface area contributed by atoms with Gasteiger partial charge in [-0.1, -0.05) is 27.6 Å². The van der Waals surface area contributed by atoms with E-state index in [1.165, 1.54) is 4.31 Å². The Morgan fingerprint density at radius 2 is 1.88 bits per heavy atom. The fourth-order valence-corrected chi connectivity index (χ4v) is 7.07. The zero-order chi connectivity index (χ0) is 23.5. The lowest BCUT2D eigenvalue weighted by molar-refractivity contribution is 0.0548. The SMILES string of the molecule is Cc1nn(-c2ccccc2)c2c1C(C)N(C1CCCN([S+](=O)([O-])c3c(C)noc3C)C1)C2=O. The molecule has 2 aliphatic heterocycles. The summed E-state index contributed by atoms with van der Waals surface area (Å²) in [4.78, 5) is 15.6. The molecule has 0 bridgehead atoms. The van der Waals surface area contributed by atoms with Crippen molar-refractivity contribution >= 4 is 16.3 Å². The smallest absolute Gasteiger partial charge is 0.273 e. The fraction of sp³-hybridized carbons (Fsp3) is 0.435. The molecule has 0 spiro atoms. The van der Waals surface area contributed by atoms with Crippen LogP contribution in [0, 0.1) is 20.8 Å². The minimum atomic E-state index is -3.77. The average molecular weight is 470 g/mol. The van der Waals surface area contributed by atoms with Gasteiger partial charge >= 0.3 is 0 Å². The van der Waals surface area contributed by atoms with Crippen molar-refractivity contribution in [2.75, 3.05) is 13.1 Å². The number of fused-ring (bicyclic) bond motifs is 1. The maximum atomic E-state index is 13.7. The van der Waals surface area contributed by atoms with Gasteiger partial charge in [0.25, 0.3) is 5.91 Å². The van der Waals surface area contributed by atoms with E-state index in [1.807, 2.05) is 49.1 Å². The van der Waals surface area contributed by atoms with Gasteiger partial charge in [-0.3, -0.25) is 4.79 Å². The van der Waals surface area contributed by atoms with E-state index in [0.29, 0.717) is 24.4 Å². The van der Waals surface area contributed by atoms with Crippen LogP contribution in [0.1, 0.15) is 59.0 Å².